The second kappa shape index (κ2) is 6.17. The number of likely N-dealkylation sites (tertiary alicyclic amines) is 1. The summed E-state index contributed by atoms with van der Waals surface area (Å²) < 4.78 is 1.20. The van der Waals surface area contributed by atoms with Crippen LogP contribution < -0.4 is 5.32 Å². The quantitative estimate of drug-likeness (QED) is 0.903. The second-order valence-electron chi connectivity index (χ2n) is 6.64. The Hall–Kier alpha value is -0.380. The fraction of sp³-hybridized carbons (Fsp3) is 0.647. The summed E-state index contributed by atoms with van der Waals surface area (Å²) in [6, 6.07) is 11.0. The molecule has 2 fully saturated rings. The van der Waals surface area contributed by atoms with E-state index >= 15 is 0 Å². The maximum absolute atomic E-state index is 3.88. The molecule has 1 N–H and O–H groups in total. The normalized spacial score (nSPS) is 34.8. The van der Waals surface area contributed by atoms with E-state index in [2.05, 4.69) is 64.4 Å². The van der Waals surface area contributed by atoms with Crippen LogP contribution in [0.2, 0.25) is 0 Å². The van der Waals surface area contributed by atoms with Crippen LogP contribution in [0.5, 0.6) is 0 Å². The smallest absolute Gasteiger partial charge is 0.0178 e. The monoisotopic (exact) mass is 336 g/mol. The number of nitrogens with one attached hydrogen (secondary N) is 1. The van der Waals surface area contributed by atoms with Crippen molar-refractivity contribution in [3.05, 3.63) is 34.3 Å². The van der Waals surface area contributed by atoms with Crippen molar-refractivity contribution in [2.24, 2.45) is 0 Å². The summed E-state index contributed by atoms with van der Waals surface area (Å²) in [5.74, 6) is 0.758. The van der Waals surface area contributed by atoms with Crippen LogP contribution in [0.25, 0.3) is 0 Å². The Morgan fingerprint density at radius 1 is 1.20 bits per heavy atom. The van der Waals surface area contributed by atoms with E-state index in [-0.39, 0.29) is 0 Å². The zero-order chi connectivity index (χ0) is 14.1. The zero-order valence-corrected chi connectivity index (χ0v) is 14.1. The minimum atomic E-state index is 0.724. The van der Waals surface area contributed by atoms with E-state index in [0.29, 0.717) is 0 Å². The maximum Gasteiger partial charge on any atom is 0.0178 e. The first kappa shape index (κ1) is 14.6. The molecule has 3 rings (SSSR count). The largest absolute Gasteiger partial charge is 0.311 e. The molecule has 20 heavy (non-hydrogen) atoms. The Morgan fingerprint density at radius 2 is 2.00 bits per heavy atom. The topological polar surface area (TPSA) is 15.3 Å². The van der Waals surface area contributed by atoms with Crippen LogP contribution in [0.4, 0.5) is 0 Å². The second-order valence-corrected chi connectivity index (χ2v) is 7.55. The van der Waals surface area contributed by atoms with Crippen LogP contribution in [0.15, 0.2) is 28.7 Å². The number of hydrogen-bond acceptors (Lipinski definition) is 2. The molecule has 0 bridgehead atoms. The molecular weight excluding hydrogens is 312 g/mol. The Bertz CT molecular complexity index is 456. The summed E-state index contributed by atoms with van der Waals surface area (Å²) in [6.45, 7) is 3.58. The zero-order valence-electron chi connectivity index (χ0n) is 12.5. The minimum absolute atomic E-state index is 0.724. The van der Waals surface area contributed by atoms with Gasteiger partial charge in [0.05, 0.1) is 0 Å². The molecule has 1 aromatic rings. The lowest BCUT2D eigenvalue weighted by Crippen LogP contribution is -2.51. The number of hydrogen-bond donors (Lipinski definition) is 1. The van der Waals surface area contributed by atoms with Gasteiger partial charge in [0.1, 0.15) is 0 Å². The van der Waals surface area contributed by atoms with Gasteiger partial charge in [0, 0.05) is 22.6 Å². The van der Waals surface area contributed by atoms with E-state index in [0.717, 1.165) is 24.0 Å². The number of benzene rings is 1. The average molecular weight is 337 g/mol. The lowest BCUT2D eigenvalue weighted by atomic mass is 9.75. The SMILES string of the molecule is CC1CC(NC2CC(c3cccc(Br)c3)C2)CCN1C. The van der Waals surface area contributed by atoms with Crippen molar-refractivity contribution >= 4 is 15.9 Å². The van der Waals surface area contributed by atoms with Crippen LogP contribution in [0.3, 0.4) is 0 Å². The van der Waals surface area contributed by atoms with Crippen LogP contribution in [-0.4, -0.2) is 36.6 Å². The molecule has 3 heteroatoms. The molecule has 2 unspecified atom stereocenters. The van der Waals surface area contributed by atoms with Gasteiger partial charge < -0.3 is 10.2 Å². The summed E-state index contributed by atoms with van der Waals surface area (Å²) in [4.78, 5) is 2.48. The first-order chi connectivity index (χ1) is 9.61. The molecule has 2 nitrogen and oxygen atoms in total. The lowest BCUT2D eigenvalue weighted by molar-refractivity contribution is 0.147. The predicted octanol–water partition coefficient (Wildman–Crippen LogP) is 3.77. The van der Waals surface area contributed by atoms with E-state index in [4.69, 9.17) is 0 Å². The number of rotatable bonds is 3. The molecule has 1 saturated carbocycles. The predicted molar refractivity (Wildman–Crippen MR) is 88.2 cm³/mol. The maximum atomic E-state index is 3.88. The van der Waals surface area contributed by atoms with E-state index in [1.807, 2.05) is 0 Å². The highest BCUT2D eigenvalue weighted by molar-refractivity contribution is 9.10. The summed E-state index contributed by atoms with van der Waals surface area (Å²) >= 11 is 3.57. The summed E-state index contributed by atoms with van der Waals surface area (Å²) in [6.07, 6.45) is 5.21. The number of piperidine rings is 1. The molecule has 2 aliphatic rings. The van der Waals surface area contributed by atoms with Crippen molar-refractivity contribution < 1.29 is 0 Å². The van der Waals surface area contributed by atoms with Crippen molar-refractivity contribution in [3.63, 3.8) is 0 Å². The van der Waals surface area contributed by atoms with E-state index < -0.39 is 0 Å². The standard InChI is InChI=1S/C17H25BrN2/c1-12-8-16(6-7-20(12)2)19-17-10-14(11-17)13-4-3-5-15(18)9-13/h3-5,9,12,14,16-17,19H,6-8,10-11H2,1-2H3. The molecule has 0 radical (unpaired) electrons. The third-order valence-corrected chi connectivity index (χ3v) is 5.63. The minimum Gasteiger partial charge on any atom is -0.311 e. The van der Waals surface area contributed by atoms with Gasteiger partial charge in [-0.05, 0) is 69.8 Å². The number of nitrogens with zero attached hydrogens (tertiary/aromatic N) is 1. The van der Waals surface area contributed by atoms with Gasteiger partial charge in [0.2, 0.25) is 0 Å². The average Bonchev–Trinajstić information content (AvgIpc) is 2.37. The van der Waals surface area contributed by atoms with Gasteiger partial charge in [-0.3, -0.25) is 0 Å². The molecule has 1 aliphatic carbocycles. The van der Waals surface area contributed by atoms with Gasteiger partial charge in [-0.25, -0.2) is 0 Å². The van der Waals surface area contributed by atoms with Crippen molar-refractivity contribution in [2.45, 2.75) is 56.7 Å². The van der Waals surface area contributed by atoms with Gasteiger partial charge in [0.25, 0.3) is 0 Å². The van der Waals surface area contributed by atoms with E-state index in [9.17, 15) is 0 Å². The van der Waals surface area contributed by atoms with Crippen molar-refractivity contribution in [1.29, 1.82) is 0 Å². The Labute approximate surface area is 131 Å². The fourth-order valence-electron chi connectivity index (χ4n) is 3.56. The highest BCUT2D eigenvalue weighted by atomic mass is 79.9. The van der Waals surface area contributed by atoms with Crippen LogP contribution in [-0.2, 0) is 0 Å². The Morgan fingerprint density at radius 3 is 2.70 bits per heavy atom. The fourth-order valence-corrected chi connectivity index (χ4v) is 3.98. The Kier molecular flexibility index (Phi) is 4.49. The summed E-state index contributed by atoms with van der Waals surface area (Å²) in [5.41, 5.74) is 1.49. The van der Waals surface area contributed by atoms with Crippen LogP contribution in [0, 0.1) is 0 Å². The summed E-state index contributed by atoms with van der Waals surface area (Å²) in [5, 5.41) is 3.88. The number of halogens is 1. The molecule has 0 aromatic heterocycles. The van der Waals surface area contributed by atoms with Crippen molar-refractivity contribution in [1.82, 2.24) is 10.2 Å². The molecule has 1 aliphatic heterocycles. The van der Waals surface area contributed by atoms with Crippen LogP contribution >= 0.6 is 15.9 Å². The van der Waals surface area contributed by atoms with Gasteiger partial charge in [-0.1, -0.05) is 28.1 Å². The molecular formula is C17H25BrN2. The molecule has 0 amide bonds. The molecule has 1 saturated heterocycles. The highest BCUT2D eigenvalue weighted by Crippen LogP contribution is 2.38. The van der Waals surface area contributed by atoms with Gasteiger partial charge in [-0.15, -0.1) is 0 Å². The molecule has 110 valence electrons. The van der Waals surface area contributed by atoms with E-state index in [1.54, 1.807) is 0 Å². The first-order valence-corrected chi connectivity index (χ1v) is 8.63. The third-order valence-electron chi connectivity index (χ3n) is 5.14. The molecule has 1 heterocycles. The van der Waals surface area contributed by atoms with Gasteiger partial charge in [0.15, 0.2) is 0 Å². The van der Waals surface area contributed by atoms with E-state index in [1.165, 1.54) is 42.3 Å². The van der Waals surface area contributed by atoms with Crippen molar-refractivity contribution in [2.75, 3.05) is 13.6 Å². The first-order valence-electron chi connectivity index (χ1n) is 7.83. The van der Waals surface area contributed by atoms with Gasteiger partial charge in [-0.2, -0.15) is 0 Å². The van der Waals surface area contributed by atoms with Crippen LogP contribution in [0.1, 0.15) is 44.1 Å². The Balaban J connectivity index is 1.47. The summed E-state index contributed by atoms with van der Waals surface area (Å²) in [7, 11) is 2.24. The highest BCUT2D eigenvalue weighted by Gasteiger charge is 2.33. The molecule has 0 spiro atoms. The van der Waals surface area contributed by atoms with Crippen molar-refractivity contribution in [3.8, 4) is 0 Å². The molecule has 1 aromatic carbocycles. The lowest BCUT2D eigenvalue weighted by Gasteiger charge is -2.42. The van der Waals surface area contributed by atoms with Gasteiger partial charge >= 0.3 is 0 Å². The third kappa shape index (κ3) is 3.26. The molecule has 2 atom stereocenters.